The molecule has 1 aromatic rings. The third-order valence-electron chi connectivity index (χ3n) is 3.41. The number of nitrogen functional groups attached to an aromatic ring is 1. The predicted octanol–water partition coefficient (Wildman–Crippen LogP) is 2.36. The van der Waals surface area contributed by atoms with E-state index in [2.05, 4.69) is 31.1 Å². The fraction of sp³-hybridized carbons (Fsp3) is 0.538. The quantitative estimate of drug-likeness (QED) is 0.823. The molecule has 0 bridgehead atoms. The average molecular weight is 235 g/mol. The molecule has 4 nitrogen and oxygen atoms in total. The van der Waals surface area contributed by atoms with Crippen LogP contribution in [-0.2, 0) is 0 Å². The smallest absolute Gasteiger partial charge is 0.270 e. The molecule has 4 heteroatoms. The Labute approximate surface area is 103 Å². The van der Waals surface area contributed by atoms with Crippen LogP contribution < -0.4 is 11.1 Å². The molecule has 0 saturated carbocycles. The van der Waals surface area contributed by atoms with Gasteiger partial charge in [0.2, 0.25) is 0 Å². The van der Waals surface area contributed by atoms with Gasteiger partial charge in [-0.1, -0.05) is 26.8 Å². The predicted molar refractivity (Wildman–Crippen MR) is 69.7 cm³/mol. The molecule has 3 N–H and O–H groups in total. The van der Waals surface area contributed by atoms with Gasteiger partial charge in [-0.3, -0.25) is 4.79 Å². The van der Waals surface area contributed by atoms with Gasteiger partial charge < -0.3 is 11.1 Å². The molecule has 17 heavy (non-hydrogen) atoms. The lowest BCUT2D eigenvalue weighted by Gasteiger charge is -2.31. The van der Waals surface area contributed by atoms with Crippen molar-refractivity contribution in [3.05, 3.63) is 23.9 Å². The molecule has 0 fully saturated rings. The van der Waals surface area contributed by atoms with Crippen molar-refractivity contribution in [2.45, 2.75) is 45.6 Å². The van der Waals surface area contributed by atoms with E-state index in [1.807, 2.05) is 0 Å². The van der Waals surface area contributed by atoms with E-state index in [0.717, 1.165) is 19.3 Å². The number of nitrogens with one attached hydrogen (secondary N) is 1. The van der Waals surface area contributed by atoms with E-state index in [-0.39, 0.29) is 11.4 Å². The van der Waals surface area contributed by atoms with E-state index >= 15 is 0 Å². The molecule has 1 heterocycles. The summed E-state index contributed by atoms with van der Waals surface area (Å²) in [5, 5.41) is 3.07. The molecule has 1 rings (SSSR count). The number of hydrogen-bond donors (Lipinski definition) is 2. The zero-order chi connectivity index (χ0) is 12.9. The van der Waals surface area contributed by atoms with Crippen LogP contribution in [0.25, 0.3) is 0 Å². The van der Waals surface area contributed by atoms with Crippen LogP contribution in [0.1, 0.15) is 50.5 Å². The maximum atomic E-state index is 12.1. The van der Waals surface area contributed by atoms with Gasteiger partial charge in [0.25, 0.3) is 5.91 Å². The molecule has 0 radical (unpaired) electrons. The van der Waals surface area contributed by atoms with Gasteiger partial charge in [-0.2, -0.15) is 0 Å². The molecule has 94 valence electrons. The minimum Gasteiger partial charge on any atom is -0.384 e. The number of aromatic nitrogens is 1. The Morgan fingerprint density at radius 3 is 2.35 bits per heavy atom. The first kappa shape index (κ1) is 13.5. The number of nitrogens with two attached hydrogens (primary N) is 1. The highest BCUT2D eigenvalue weighted by Crippen LogP contribution is 2.19. The highest BCUT2D eigenvalue weighted by Gasteiger charge is 2.26. The highest BCUT2D eigenvalue weighted by molar-refractivity contribution is 5.93. The van der Waals surface area contributed by atoms with Gasteiger partial charge in [0.05, 0.1) is 0 Å². The number of nitrogens with zero attached hydrogens (tertiary/aromatic N) is 1. The van der Waals surface area contributed by atoms with E-state index in [0.29, 0.717) is 11.5 Å². The number of pyridine rings is 1. The van der Waals surface area contributed by atoms with Gasteiger partial charge in [-0.15, -0.1) is 0 Å². The Morgan fingerprint density at radius 1 is 1.29 bits per heavy atom. The Kier molecular flexibility index (Phi) is 4.49. The van der Waals surface area contributed by atoms with Crippen molar-refractivity contribution < 1.29 is 4.79 Å². The second kappa shape index (κ2) is 5.66. The summed E-state index contributed by atoms with van der Waals surface area (Å²) in [6.07, 6.45) is 2.73. The summed E-state index contributed by atoms with van der Waals surface area (Å²) in [7, 11) is 0. The van der Waals surface area contributed by atoms with E-state index in [4.69, 9.17) is 5.73 Å². The first-order chi connectivity index (χ1) is 8.06. The summed E-state index contributed by atoms with van der Waals surface area (Å²) in [5.74, 6) is 0.218. The molecule has 0 aliphatic rings. The van der Waals surface area contributed by atoms with Crippen LogP contribution in [-0.4, -0.2) is 16.4 Å². The normalized spacial score (nSPS) is 11.2. The van der Waals surface area contributed by atoms with Crippen LogP contribution in [0.15, 0.2) is 18.2 Å². The lowest BCUT2D eigenvalue weighted by Crippen LogP contribution is -2.47. The van der Waals surface area contributed by atoms with Crippen molar-refractivity contribution in [2.75, 3.05) is 5.73 Å². The summed E-state index contributed by atoms with van der Waals surface area (Å²) in [4.78, 5) is 16.1. The Balaban J connectivity index is 2.84. The minimum absolute atomic E-state index is 0.136. The largest absolute Gasteiger partial charge is 0.384 e. The molecule has 0 atom stereocenters. The zero-order valence-electron chi connectivity index (χ0n) is 10.8. The van der Waals surface area contributed by atoms with E-state index < -0.39 is 0 Å². The summed E-state index contributed by atoms with van der Waals surface area (Å²) in [6, 6.07) is 5.09. The van der Waals surface area contributed by atoms with Crippen molar-refractivity contribution in [3.63, 3.8) is 0 Å². The summed E-state index contributed by atoms with van der Waals surface area (Å²) in [6.45, 7) is 6.25. The maximum Gasteiger partial charge on any atom is 0.270 e. The van der Waals surface area contributed by atoms with Crippen LogP contribution in [0.4, 0.5) is 5.82 Å². The highest BCUT2D eigenvalue weighted by atomic mass is 16.2. The molecule has 0 unspecified atom stereocenters. The van der Waals surface area contributed by atoms with Crippen molar-refractivity contribution in [1.82, 2.24) is 10.3 Å². The van der Waals surface area contributed by atoms with Crippen molar-refractivity contribution in [1.29, 1.82) is 0 Å². The molecule has 0 aromatic carbocycles. The molecule has 0 spiro atoms. The number of hydrogen-bond acceptors (Lipinski definition) is 3. The maximum absolute atomic E-state index is 12.1. The van der Waals surface area contributed by atoms with Gasteiger partial charge in [0, 0.05) is 5.54 Å². The lowest BCUT2D eigenvalue weighted by atomic mass is 9.89. The van der Waals surface area contributed by atoms with Gasteiger partial charge in [-0.25, -0.2) is 4.98 Å². The van der Waals surface area contributed by atoms with Crippen LogP contribution >= 0.6 is 0 Å². The van der Waals surface area contributed by atoms with Gasteiger partial charge in [0.15, 0.2) is 0 Å². The number of rotatable bonds is 5. The van der Waals surface area contributed by atoms with Gasteiger partial charge >= 0.3 is 0 Å². The SMILES string of the molecule is CCC(CC)(CC)NC(=O)c1cccc(N)n1. The second-order valence-electron chi connectivity index (χ2n) is 4.24. The average Bonchev–Trinajstić information content (AvgIpc) is 2.36. The van der Waals surface area contributed by atoms with Crippen LogP contribution in [0.5, 0.6) is 0 Å². The molecular formula is C13H21N3O. The van der Waals surface area contributed by atoms with E-state index in [1.165, 1.54) is 0 Å². The fourth-order valence-corrected chi connectivity index (χ4v) is 1.90. The molecule has 1 amide bonds. The zero-order valence-corrected chi connectivity index (χ0v) is 10.8. The Hall–Kier alpha value is -1.58. The third kappa shape index (κ3) is 3.19. The van der Waals surface area contributed by atoms with Crippen LogP contribution in [0.3, 0.4) is 0 Å². The van der Waals surface area contributed by atoms with Crippen LogP contribution in [0.2, 0.25) is 0 Å². The minimum atomic E-state index is -0.150. The molecule has 0 saturated heterocycles. The van der Waals surface area contributed by atoms with Crippen molar-refractivity contribution >= 4 is 11.7 Å². The number of carbonyl (C=O) groups excluding carboxylic acids is 1. The Bertz CT molecular complexity index is 378. The summed E-state index contributed by atoms with van der Waals surface area (Å²) < 4.78 is 0. The number of carbonyl (C=O) groups is 1. The van der Waals surface area contributed by atoms with Crippen molar-refractivity contribution in [2.24, 2.45) is 0 Å². The second-order valence-corrected chi connectivity index (χ2v) is 4.24. The Morgan fingerprint density at radius 2 is 1.88 bits per heavy atom. The fourth-order valence-electron chi connectivity index (χ4n) is 1.90. The number of anilines is 1. The van der Waals surface area contributed by atoms with Gasteiger partial charge in [0.1, 0.15) is 11.5 Å². The van der Waals surface area contributed by atoms with E-state index in [1.54, 1.807) is 18.2 Å². The standard InChI is InChI=1S/C13H21N3O/c1-4-13(5-2,6-3)16-12(17)10-8-7-9-11(14)15-10/h7-9H,4-6H2,1-3H3,(H2,14,15)(H,16,17). The summed E-state index contributed by atoms with van der Waals surface area (Å²) in [5.41, 5.74) is 5.81. The molecule has 0 aliphatic heterocycles. The van der Waals surface area contributed by atoms with E-state index in [9.17, 15) is 4.79 Å². The lowest BCUT2D eigenvalue weighted by molar-refractivity contribution is 0.0883. The summed E-state index contributed by atoms with van der Waals surface area (Å²) >= 11 is 0. The monoisotopic (exact) mass is 235 g/mol. The molecule has 0 aliphatic carbocycles. The van der Waals surface area contributed by atoms with Crippen LogP contribution in [0, 0.1) is 0 Å². The van der Waals surface area contributed by atoms with Crippen molar-refractivity contribution in [3.8, 4) is 0 Å². The topological polar surface area (TPSA) is 68.0 Å². The third-order valence-corrected chi connectivity index (χ3v) is 3.41. The molecular weight excluding hydrogens is 214 g/mol. The first-order valence-corrected chi connectivity index (χ1v) is 6.12. The number of amides is 1. The first-order valence-electron chi connectivity index (χ1n) is 6.12. The van der Waals surface area contributed by atoms with Gasteiger partial charge in [-0.05, 0) is 31.4 Å². The molecule has 1 aromatic heterocycles.